The number of rotatable bonds is 5. The fourth-order valence-corrected chi connectivity index (χ4v) is 1.34. The Morgan fingerprint density at radius 3 is 2.38 bits per heavy atom. The van der Waals surface area contributed by atoms with Crippen molar-refractivity contribution in [3.8, 4) is 0 Å². The zero-order valence-electron chi connectivity index (χ0n) is 10.3. The summed E-state index contributed by atoms with van der Waals surface area (Å²) in [4.78, 5) is 22.9. The number of nitrogens with one attached hydrogen (secondary N) is 1. The van der Waals surface area contributed by atoms with Gasteiger partial charge in [0.15, 0.2) is 0 Å². The lowest BCUT2D eigenvalue weighted by Gasteiger charge is -2.27. The Morgan fingerprint density at radius 1 is 1.44 bits per heavy atom. The maximum Gasteiger partial charge on any atom is 0.407 e. The lowest BCUT2D eigenvalue weighted by Crippen LogP contribution is -2.53. The van der Waals surface area contributed by atoms with Crippen LogP contribution in [0.1, 0.15) is 27.2 Å². The van der Waals surface area contributed by atoms with Crippen LogP contribution in [0, 0.1) is 0 Å². The molecule has 1 atom stereocenters. The summed E-state index contributed by atoms with van der Waals surface area (Å²) in [5.74, 6) is -0.497. The predicted molar refractivity (Wildman–Crippen MR) is 60.0 cm³/mol. The molecule has 1 unspecified atom stereocenters. The SMILES string of the molecule is C=C(C)CC(C)(NC(=O)OC)C(=O)OCC. The van der Waals surface area contributed by atoms with E-state index in [2.05, 4.69) is 16.6 Å². The molecule has 0 bridgehead atoms. The average Bonchev–Trinajstić information content (AvgIpc) is 2.16. The van der Waals surface area contributed by atoms with Crippen LogP contribution < -0.4 is 5.32 Å². The Morgan fingerprint density at radius 2 is 2.00 bits per heavy atom. The van der Waals surface area contributed by atoms with Crippen molar-refractivity contribution in [2.75, 3.05) is 13.7 Å². The van der Waals surface area contributed by atoms with Gasteiger partial charge in [0.1, 0.15) is 5.54 Å². The fourth-order valence-electron chi connectivity index (χ4n) is 1.34. The maximum absolute atomic E-state index is 11.7. The van der Waals surface area contributed by atoms with Gasteiger partial charge in [-0.15, -0.1) is 6.58 Å². The first kappa shape index (κ1) is 14.5. The molecule has 0 saturated heterocycles. The van der Waals surface area contributed by atoms with E-state index in [1.165, 1.54) is 7.11 Å². The zero-order valence-corrected chi connectivity index (χ0v) is 10.3. The van der Waals surface area contributed by atoms with Gasteiger partial charge in [-0.1, -0.05) is 5.57 Å². The molecule has 0 aliphatic rings. The van der Waals surface area contributed by atoms with E-state index in [9.17, 15) is 9.59 Å². The number of alkyl carbamates (subject to hydrolysis) is 1. The van der Waals surface area contributed by atoms with Gasteiger partial charge < -0.3 is 14.8 Å². The summed E-state index contributed by atoms with van der Waals surface area (Å²) in [6.45, 7) is 9.03. The Balaban J connectivity index is 4.79. The highest BCUT2D eigenvalue weighted by Crippen LogP contribution is 2.17. The highest BCUT2D eigenvalue weighted by atomic mass is 16.5. The third kappa shape index (κ3) is 4.33. The normalized spacial score (nSPS) is 13.5. The van der Waals surface area contributed by atoms with Crippen molar-refractivity contribution >= 4 is 12.1 Å². The van der Waals surface area contributed by atoms with Gasteiger partial charge in [0.05, 0.1) is 13.7 Å². The molecule has 92 valence electrons. The van der Waals surface area contributed by atoms with Gasteiger partial charge in [-0.05, 0) is 20.8 Å². The summed E-state index contributed by atoms with van der Waals surface area (Å²) in [5, 5.41) is 2.46. The van der Waals surface area contributed by atoms with Crippen LogP contribution >= 0.6 is 0 Å². The van der Waals surface area contributed by atoms with Crippen LogP contribution in [0.15, 0.2) is 12.2 Å². The number of esters is 1. The first-order valence-electron chi connectivity index (χ1n) is 5.03. The van der Waals surface area contributed by atoms with E-state index in [-0.39, 0.29) is 6.61 Å². The minimum Gasteiger partial charge on any atom is -0.464 e. The Bertz CT molecular complexity index is 288. The molecule has 0 saturated carbocycles. The van der Waals surface area contributed by atoms with Crippen molar-refractivity contribution in [1.29, 1.82) is 0 Å². The topological polar surface area (TPSA) is 64.6 Å². The second-order valence-electron chi connectivity index (χ2n) is 3.80. The van der Waals surface area contributed by atoms with Crippen molar-refractivity contribution in [3.05, 3.63) is 12.2 Å². The maximum atomic E-state index is 11.7. The highest BCUT2D eigenvalue weighted by molar-refractivity contribution is 5.85. The average molecular weight is 229 g/mol. The number of hydrogen-bond acceptors (Lipinski definition) is 4. The van der Waals surface area contributed by atoms with E-state index < -0.39 is 17.6 Å². The lowest BCUT2D eigenvalue weighted by atomic mass is 9.94. The summed E-state index contributed by atoms with van der Waals surface area (Å²) in [5.41, 5.74) is -0.360. The largest absolute Gasteiger partial charge is 0.464 e. The molecule has 1 N–H and O–H groups in total. The van der Waals surface area contributed by atoms with Crippen LogP contribution in [0.25, 0.3) is 0 Å². The molecule has 0 aromatic rings. The smallest absolute Gasteiger partial charge is 0.407 e. The Hall–Kier alpha value is -1.52. The Kier molecular flexibility index (Phi) is 5.56. The number of amides is 1. The molecular weight excluding hydrogens is 210 g/mol. The molecule has 16 heavy (non-hydrogen) atoms. The summed E-state index contributed by atoms with van der Waals surface area (Å²) in [6.07, 6.45) is -0.363. The van der Waals surface area contributed by atoms with E-state index in [0.29, 0.717) is 6.42 Å². The third-order valence-electron chi connectivity index (χ3n) is 1.94. The van der Waals surface area contributed by atoms with Crippen LogP contribution in [0.4, 0.5) is 4.79 Å². The van der Waals surface area contributed by atoms with Crippen LogP contribution in [0.3, 0.4) is 0 Å². The molecule has 5 nitrogen and oxygen atoms in total. The molecule has 1 amide bonds. The molecule has 0 rings (SSSR count). The number of methoxy groups -OCH3 is 1. The van der Waals surface area contributed by atoms with Crippen LogP contribution in [0.5, 0.6) is 0 Å². The molecular formula is C11H19NO4. The molecule has 5 heteroatoms. The minimum absolute atomic E-state index is 0.257. The quantitative estimate of drug-likeness (QED) is 0.575. The minimum atomic E-state index is -1.13. The van der Waals surface area contributed by atoms with Gasteiger partial charge in [0.25, 0.3) is 0 Å². The fraction of sp³-hybridized carbons (Fsp3) is 0.636. The summed E-state index contributed by atoms with van der Waals surface area (Å²) in [7, 11) is 1.24. The second kappa shape index (κ2) is 6.15. The number of ether oxygens (including phenoxy) is 2. The van der Waals surface area contributed by atoms with Gasteiger partial charge in [0, 0.05) is 6.42 Å². The molecule has 0 aromatic carbocycles. The van der Waals surface area contributed by atoms with Crippen LogP contribution in [-0.4, -0.2) is 31.3 Å². The van der Waals surface area contributed by atoms with E-state index >= 15 is 0 Å². The molecule has 0 fully saturated rings. The van der Waals surface area contributed by atoms with Gasteiger partial charge in [-0.2, -0.15) is 0 Å². The first-order chi connectivity index (χ1) is 7.35. The van der Waals surface area contributed by atoms with Crippen molar-refractivity contribution in [2.45, 2.75) is 32.7 Å². The van der Waals surface area contributed by atoms with Gasteiger partial charge >= 0.3 is 12.1 Å². The zero-order chi connectivity index (χ0) is 12.8. The van der Waals surface area contributed by atoms with Gasteiger partial charge in [0.2, 0.25) is 0 Å². The molecule has 0 radical (unpaired) electrons. The molecule has 0 aliphatic heterocycles. The van der Waals surface area contributed by atoms with Crippen LogP contribution in [0.2, 0.25) is 0 Å². The van der Waals surface area contributed by atoms with Crippen molar-refractivity contribution in [2.24, 2.45) is 0 Å². The number of hydrogen-bond donors (Lipinski definition) is 1. The molecule has 0 spiro atoms. The molecule has 0 aliphatic carbocycles. The third-order valence-corrected chi connectivity index (χ3v) is 1.94. The number of carbonyl (C=O) groups excluding carboxylic acids is 2. The molecule has 0 aromatic heterocycles. The van der Waals surface area contributed by atoms with E-state index in [1.54, 1.807) is 20.8 Å². The standard InChI is InChI=1S/C11H19NO4/c1-6-16-9(13)11(4,7-8(2)3)12-10(14)15-5/h2,6-7H2,1,3-5H3,(H,12,14). The Labute approximate surface area is 95.8 Å². The monoisotopic (exact) mass is 229 g/mol. The van der Waals surface area contributed by atoms with E-state index in [1.807, 2.05) is 0 Å². The van der Waals surface area contributed by atoms with E-state index in [0.717, 1.165) is 5.57 Å². The van der Waals surface area contributed by atoms with Crippen molar-refractivity contribution in [1.82, 2.24) is 5.32 Å². The molecule has 0 heterocycles. The second-order valence-corrected chi connectivity index (χ2v) is 3.80. The van der Waals surface area contributed by atoms with Gasteiger partial charge in [-0.3, -0.25) is 0 Å². The van der Waals surface area contributed by atoms with E-state index in [4.69, 9.17) is 4.74 Å². The van der Waals surface area contributed by atoms with Crippen molar-refractivity contribution < 1.29 is 19.1 Å². The summed E-state index contributed by atoms with van der Waals surface area (Å²) in [6, 6.07) is 0. The summed E-state index contributed by atoms with van der Waals surface area (Å²) < 4.78 is 9.37. The highest BCUT2D eigenvalue weighted by Gasteiger charge is 2.36. The lowest BCUT2D eigenvalue weighted by molar-refractivity contribution is -0.150. The van der Waals surface area contributed by atoms with Gasteiger partial charge in [-0.25, -0.2) is 9.59 Å². The predicted octanol–water partition coefficient (Wildman–Crippen LogP) is 1.63. The first-order valence-corrected chi connectivity index (χ1v) is 5.03. The summed E-state index contributed by atoms with van der Waals surface area (Å²) >= 11 is 0. The number of carbonyl (C=O) groups is 2. The van der Waals surface area contributed by atoms with Crippen molar-refractivity contribution in [3.63, 3.8) is 0 Å². The van der Waals surface area contributed by atoms with Crippen LogP contribution in [-0.2, 0) is 14.3 Å².